The molecule has 4 nitrogen and oxygen atoms in total. The highest BCUT2D eigenvalue weighted by molar-refractivity contribution is 5.81. The maximum absolute atomic E-state index is 11.1. The maximum Gasteiger partial charge on any atom is 0.333 e. The van der Waals surface area contributed by atoms with Crippen molar-refractivity contribution in [3.05, 3.63) is 12.7 Å². The van der Waals surface area contributed by atoms with Crippen LogP contribution in [0.3, 0.4) is 0 Å². The van der Waals surface area contributed by atoms with Gasteiger partial charge in [-0.05, 0) is 6.42 Å². The lowest BCUT2D eigenvalue weighted by Crippen LogP contribution is -2.38. The molecule has 0 N–H and O–H groups in total. The van der Waals surface area contributed by atoms with Crippen molar-refractivity contribution in [1.29, 1.82) is 0 Å². The summed E-state index contributed by atoms with van der Waals surface area (Å²) in [6.07, 6.45) is 2.73. The van der Waals surface area contributed by atoms with Crippen LogP contribution in [0.15, 0.2) is 12.7 Å². The Bertz CT molecular complexity index is 247. The Morgan fingerprint density at radius 3 is 2.27 bits per heavy atom. The van der Waals surface area contributed by atoms with E-state index in [9.17, 15) is 9.59 Å². The molecule has 0 bridgehead atoms. The molecule has 0 saturated heterocycles. The third-order valence-corrected chi connectivity index (χ3v) is 1.95. The van der Waals surface area contributed by atoms with Crippen LogP contribution in [0, 0.1) is 0 Å². The van der Waals surface area contributed by atoms with Gasteiger partial charge in [0, 0.05) is 25.8 Å². The van der Waals surface area contributed by atoms with Gasteiger partial charge < -0.3 is 9.47 Å². The van der Waals surface area contributed by atoms with E-state index in [1.807, 2.05) is 6.92 Å². The van der Waals surface area contributed by atoms with Crippen molar-refractivity contribution in [2.75, 3.05) is 0 Å². The van der Waals surface area contributed by atoms with E-state index < -0.39 is 17.7 Å². The number of carbonyl (C=O) groups excluding carboxylic acids is 2. The minimum absolute atomic E-state index is 0.431. The maximum atomic E-state index is 11.1. The molecule has 0 aliphatic rings. The van der Waals surface area contributed by atoms with Crippen LogP contribution < -0.4 is 0 Å². The number of esters is 2. The first-order chi connectivity index (χ1) is 6.99. The Labute approximate surface area is 90.2 Å². The van der Waals surface area contributed by atoms with Crippen LogP contribution in [-0.2, 0) is 19.1 Å². The second-order valence-corrected chi connectivity index (χ2v) is 3.23. The van der Waals surface area contributed by atoms with E-state index in [2.05, 4.69) is 6.58 Å². The normalized spacial score (nSPS) is 13.8. The minimum atomic E-state index is -1.13. The van der Waals surface area contributed by atoms with E-state index in [-0.39, 0.29) is 0 Å². The second-order valence-electron chi connectivity index (χ2n) is 3.23. The van der Waals surface area contributed by atoms with Crippen molar-refractivity contribution >= 4 is 11.9 Å². The first-order valence-corrected chi connectivity index (χ1v) is 5.04. The molecule has 0 rings (SSSR count). The zero-order valence-corrected chi connectivity index (χ0v) is 9.54. The van der Waals surface area contributed by atoms with Gasteiger partial charge in [0.25, 0.3) is 5.79 Å². The molecule has 0 radical (unpaired) electrons. The molecule has 0 aliphatic heterocycles. The molecule has 86 valence electrons. The van der Waals surface area contributed by atoms with Gasteiger partial charge in [-0.3, -0.25) is 4.79 Å². The molecule has 1 unspecified atom stereocenters. The summed E-state index contributed by atoms with van der Waals surface area (Å²) < 4.78 is 10.2. The van der Waals surface area contributed by atoms with Crippen LogP contribution in [-0.4, -0.2) is 17.7 Å². The highest BCUT2D eigenvalue weighted by Crippen LogP contribution is 2.24. The summed E-state index contributed by atoms with van der Waals surface area (Å²) in [6.45, 7) is 8.32. The van der Waals surface area contributed by atoms with Gasteiger partial charge in [0.2, 0.25) is 0 Å². The van der Waals surface area contributed by atoms with Crippen molar-refractivity contribution in [1.82, 2.24) is 0 Å². The van der Waals surface area contributed by atoms with Crippen LogP contribution in [0.2, 0.25) is 0 Å². The molecule has 0 aromatic carbocycles. The highest BCUT2D eigenvalue weighted by atomic mass is 16.7. The van der Waals surface area contributed by atoms with Gasteiger partial charge in [0.15, 0.2) is 0 Å². The minimum Gasteiger partial charge on any atom is -0.423 e. The Morgan fingerprint density at radius 2 is 1.93 bits per heavy atom. The topological polar surface area (TPSA) is 52.6 Å². The van der Waals surface area contributed by atoms with Gasteiger partial charge in [-0.25, -0.2) is 4.79 Å². The number of hydrogen-bond donors (Lipinski definition) is 0. The van der Waals surface area contributed by atoms with E-state index in [0.29, 0.717) is 12.8 Å². The van der Waals surface area contributed by atoms with Gasteiger partial charge in [-0.2, -0.15) is 0 Å². The van der Waals surface area contributed by atoms with Crippen LogP contribution in [0.1, 0.15) is 40.0 Å². The van der Waals surface area contributed by atoms with Crippen molar-refractivity contribution in [3.63, 3.8) is 0 Å². The fraction of sp³-hybridized carbons (Fsp3) is 0.636. The summed E-state index contributed by atoms with van der Waals surface area (Å²) >= 11 is 0. The van der Waals surface area contributed by atoms with Gasteiger partial charge in [0.1, 0.15) is 0 Å². The molecular weight excluding hydrogens is 196 g/mol. The van der Waals surface area contributed by atoms with Gasteiger partial charge in [0.05, 0.1) is 0 Å². The molecule has 0 amide bonds. The molecule has 0 saturated carbocycles. The predicted octanol–water partition coefficient (Wildman–Crippen LogP) is 2.19. The molecule has 4 heteroatoms. The van der Waals surface area contributed by atoms with Crippen molar-refractivity contribution in [2.45, 2.75) is 45.8 Å². The molecule has 0 aromatic heterocycles. The Morgan fingerprint density at radius 1 is 1.33 bits per heavy atom. The molecule has 0 heterocycles. The van der Waals surface area contributed by atoms with Crippen LogP contribution in [0.25, 0.3) is 0 Å². The summed E-state index contributed by atoms with van der Waals surface area (Å²) in [5, 5.41) is 0. The largest absolute Gasteiger partial charge is 0.423 e. The standard InChI is InChI=1S/C11H18O4/c1-5-8-11(7-3,14-9(4)12)15-10(13)6-2/h6H,2,5,7-8H2,1,3-4H3. The molecular formula is C11H18O4. The average molecular weight is 214 g/mol. The van der Waals surface area contributed by atoms with Gasteiger partial charge in [-0.15, -0.1) is 0 Å². The fourth-order valence-corrected chi connectivity index (χ4v) is 1.31. The summed E-state index contributed by atoms with van der Waals surface area (Å²) in [5.41, 5.74) is 0. The average Bonchev–Trinajstić information content (AvgIpc) is 2.16. The number of ether oxygens (including phenoxy) is 2. The molecule has 1 atom stereocenters. The lowest BCUT2D eigenvalue weighted by Gasteiger charge is -2.30. The van der Waals surface area contributed by atoms with Crippen molar-refractivity contribution < 1.29 is 19.1 Å². The first kappa shape index (κ1) is 13.7. The number of carbonyl (C=O) groups is 2. The predicted molar refractivity (Wildman–Crippen MR) is 56.0 cm³/mol. The van der Waals surface area contributed by atoms with Crippen molar-refractivity contribution in [2.24, 2.45) is 0 Å². The monoisotopic (exact) mass is 214 g/mol. The molecule has 15 heavy (non-hydrogen) atoms. The summed E-state index contributed by atoms with van der Waals surface area (Å²) in [5.74, 6) is -2.17. The number of hydrogen-bond acceptors (Lipinski definition) is 4. The zero-order valence-electron chi connectivity index (χ0n) is 9.54. The Kier molecular flexibility index (Phi) is 5.67. The third-order valence-electron chi connectivity index (χ3n) is 1.95. The van der Waals surface area contributed by atoms with E-state index in [1.54, 1.807) is 6.92 Å². The lowest BCUT2D eigenvalue weighted by molar-refractivity contribution is -0.228. The SMILES string of the molecule is C=CC(=O)OC(CC)(CCC)OC(C)=O. The summed E-state index contributed by atoms with van der Waals surface area (Å²) in [6, 6.07) is 0. The Hall–Kier alpha value is -1.32. The molecule has 0 spiro atoms. The fourth-order valence-electron chi connectivity index (χ4n) is 1.31. The van der Waals surface area contributed by atoms with Crippen LogP contribution >= 0.6 is 0 Å². The zero-order chi connectivity index (χ0) is 11.9. The second kappa shape index (κ2) is 6.22. The first-order valence-electron chi connectivity index (χ1n) is 5.04. The van der Waals surface area contributed by atoms with E-state index >= 15 is 0 Å². The quantitative estimate of drug-likeness (QED) is 0.386. The Balaban J connectivity index is 4.70. The van der Waals surface area contributed by atoms with Gasteiger partial charge >= 0.3 is 11.9 Å². The summed E-state index contributed by atoms with van der Waals surface area (Å²) in [4.78, 5) is 22.0. The van der Waals surface area contributed by atoms with Crippen molar-refractivity contribution in [3.8, 4) is 0 Å². The molecule has 0 aromatic rings. The van der Waals surface area contributed by atoms with E-state index in [4.69, 9.17) is 9.47 Å². The smallest absolute Gasteiger partial charge is 0.333 e. The highest BCUT2D eigenvalue weighted by Gasteiger charge is 2.34. The van der Waals surface area contributed by atoms with Crippen LogP contribution in [0.5, 0.6) is 0 Å². The summed E-state index contributed by atoms with van der Waals surface area (Å²) in [7, 11) is 0. The lowest BCUT2D eigenvalue weighted by atomic mass is 10.1. The van der Waals surface area contributed by atoms with E-state index in [1.165, 1.54) is 6.92 Å². The van der Waals surface area contributed by atoms with E-state index in [0.717, 1.165) is 12.5 Å². The van der Waals surface area contributed by atoms with Gasteiger partial charge in [-0.1, -0.05) is 20.4 Å². The molecule has 0 aliphatic carbocycles. The molecule has 0 fully saturated rings. The number of rotatable bonds is 6. The van der Waals surface area contributed by atoms with Crippen LogP contribution in [0.4, 0.5) is 0 Å². The third kappa shape index (κ3) is 4.63.